The van der Waals surface area contributed by atoms with Crippen LogP contribution in [0.2, 0.25) is 0 Å². The maximum absolute atomic E-state index is 11.1. The zero-order valence-electron chi connectivity index (χ0n) is 10.9. The molecule has 0 saturated carbocycles. The van der Waals surface area contributed by atoms with E-state index >= 15 is 0 Å². The van der Waals surface area contributed by atoms with Crippen molar-refractivity contribution in [1.29, 1.82) is 0 Å². The summed E-state index contributed by atoms with van der Waals surface area (Å²) in [5.41, 5.74) is 2.03. The van der Waals surface area contributed by atoms with Gasteiger partial charge < -0.3 is 10.4 Å². The van der Waals surface area contributed by atoms with Crippen molar-refractivity contribution in [2.75, 3.05) is 0 Å². The molecular formula is C12H21N3O2. The fourth-order valence-corrected chi connectivity index (χ4v) is 1.83. The maximum Gasteiger partial charge on any atom is 0.320 e. The minimum atomic E-state index is -0.805. The Morgan fingerprint density at radius 2 is 2.18 bits per heavy atom. The first-order valence-electron chi connectivity index (χ1n) is 5.90. The summed E-state index contributed by atoms with van der Waals surface area (Å²) in [5.74, 6) is -0.805. The molecule has 1 rings (SSSR count). The monoisotopic (exact) mass is 239 g/mol. The van der Waals surface area contributed by atoms with E-state index in [9.17, 15) is 4.79 Å². The molecule has 0 aliphatic carbocycles. The van der Waals surface area contributed by atoms with Gasteiger partial charge in [0, 0.05) is 18.3 Å². The molecule has 0 bridgehead atoms. The highest BCUT2D eigenvalue weighted by Crippen LogP contribution is 2.05. The second kappa shape index (κ2) is 5.82. The number of rotatable bonds is 6. The van der Waals surface area contributed by atoms with Gasteiger partial charge in [-0.25, -0.2) is 0 Å². The molecule has 0 aliphatic rings. The summed E-state index contributed by atoms with van der Waals surface area (Å²) >= 11 is 0. The molecule has 1 heterocycles. The SMILES string of the molecule is Cc1cc(C)n(CCC(NC(C)C)C(=O)O)n1. The van der Waals surface area contributed by atoms with Crippen molar-refractivity contribution in [1.82, 2.24) is 15.1 Å². The van der Waals surface area contributed by atoms with E-state index in [1.807, 2.05) is 38.4 Å². The molecule has 5 heteroatoms. The molecule has 0 spiro atoms. The topological polar surface area (TPSA) is 67.2 Å². The minimum absolute atomic E-state index is 0.163. The maximum atomic E-state index is 11.1. The number of hydrogen-bond donors (Lipinski definition) is 2. The molecule has 1 aromatic rings. The molecule has 1 atom stereocenters. The number of hydrogen-bond acceptors (Lipinski definition) is 3. The number of nitrogens with zero attached hydrogens (tertiary/aromatic N) is 2. The first-order valence-corrected chi connectivity index (χ1v) is 5.90. The fraction of sp³-hybridized carbons (Fsp3) is 0.667. The average Bonchev–Trinajstić information content (AvgIpc) is 2.51. The second-order valence-corrected chi connectivity index (χ2v) is 4.65. The van der Waals surface area contributed by atoms with Crippen LogP contribution in [-0.4, -0.2) is 32.9 Å². The zero-order chi connectivity index (χ0) is 13.0. The van der Waals surface area contributed by atoms with Crippen molar-refractivity contribution < 1.29 is 9.90 Å². The number of aryl methyl sites for hydroxylation is 3. The Labute approximate surface area is 102 Å². The van der Waals surface area contributed by atoms with Crippen LogP contribution in [-0.2, 0) is 11.3 Å². The molecule has 1 unspecified atom stereocenters. The lowest BCUT2D eigenvalue weighted by Crippen LogP contribution is -2.41. The zero-order valence-corrected chi connectivity index (χ0v) is 10.9. The summed E-state index contributed by atoms with van der Waals surface area (Å²) in [6.45, 7) is 8.42. The first kappa shape index (κ1) is 13.7. The van der Waals surface area contributed by atoms with Crippen LogP contribution < -0.4 is 5.32 Å². The van der Waals surface area contributed by atoms with E-state index in [4.69, 9.17) is 5.11 Å². The predicted octanol–water partition coefficient (Wildman–Crippen LogP) is 1.34. The van der Waals surface area contributed by atoms with Crippen LogP contribution in [0.4, 0.5) is 0 Å². The van der Waals surface area contributed by atoms with E-state index in [0.717, 1.165) is 11.4 Å². The molecule has 2 N–H and O–H groups in total. The Morgan fingerprint density at radius 1 is 1.53 bits per heavy atom. The van der Waals surface area contributed by atoms with Gasteiger partial charge in [-0.1, -0.05) is 13.8 Å². The molecule has 0 radical (unpaired) electrons. The molecule has 17 heavy (non-hydrogen) atoms. The van der Waals surface area contributed by atoms with E-state index < -0.39 is 12.0 Å². The van der Waals surface area contributed by atoms with Gasteiger partial charge in [0.2, 0.25) is 0 Å². The van der Waals surface area contributed by atoms with Crippen LogP contribution in [0.1, 0.15) is 31.7 Å². The molecular weight excluding hydrogens is 218 g/mol. The van der Waals surface area contributed by atoms with Gasteiger partial charge in [0.15, 0.2) is 0 Å². The predicted molar refractivity (Wildman–Crippen MR) is 66.0 cm³/mol. The van der Waals surface area contributed by atoms with Crippen LogP contribution in [0, 0.1) is 13.8 Å². The number of carbonyl (C=O) groups is 1. The fourth-order valence-electron chi connectivity index (χ4n) is 1.83. The van der Waals surface area contributed by atoms with E-state index in [1.165, 1.54) is 0 Å². The molecule has 0 aliphatic heterocycles. The quantitative estimate of drug-likeness (QED) is 0.786. The van der Waals surface area contributed by atoms with Crippen LogP contribution >= 0.6 is 0 Å². The standard InChI is InChI=1S/C12H21N3O2/c1-8(2)13-11(12(16)17)5-6-15-10(4)7-9(3)14-15/h7-8,11,13H,5-6H2,1-4H3,(H,16,17). The van der Waals surface area contributed by atoms with E-state index in [-0.39, 0.29) is 6.04 Å². The smallest absolute Gasteiger partial charge is 0.320 e. The van der Waals surface area contributed by atoms with Crippen molar-refractivity contribution >= 4 is 5.97 Å². The molecule has 0 aromatic carbocycles. The van der Waals surface area contributed by atoms with E-state index in [1.54, 1.807) is 0 Å². The van der Waals surface area contributed by atoms with Gasteiger partial charge >= 0.3 is 5.97 Å². The molecule has 0 saturated heterocycles. The summed E-state index contributed by atoms with van der Waals surface area (Å²) in [6.07, 6.45) is 0.537. The van der Waals surface area contributed by atoms with Gasteiger partial charge in [0.25, 0.3) is 0 Å². The Balaban J connectivity index is 2.57. The van der Waals surface area contributed by atoms with Crippen LogP contribution in [0.5, 0.6) is 0 Å². The molecule has 1 aromatic heterocycles. The van der Waals surface area contributed by atoms with Crippen LogP contribution in [0.3, 0.4) is 0 Å². The van der Waals surface area contributed by atoms with E-state index in [0.29, 0.717) is 13.0 Å². The molecule has 5 nitrogen and oxygen atoms in total. The van der Waals surface area contributed by atoms with Gasteiger partial charge in [-0.05, 0) is 26.3 Å². The number of aromatic nitrogens is 2. The third kappa shape index (κ3) is 4.19. The van der Waals surface area contributed by atoms with Crippen molar-refractivity contribution in [2.45, 2.75) is 52.7 Å². The Bertz CT molecular complexity index is 385. The molecule has 0 fully saturated rings. The van der Waals surface area contributed by atoms with Crippen molar-refractivity contribution in [3.05, 3.63) is 17.5 Å². The highest BCUT2D eigenvalue weighted by molar-refractivity contribution is 5.73. The number of nitrogens with one attached hydrogen (secondary N) is 1. The number of carboxylic acids is 1. The Kier molecular flexibility index (Phi) is 4.69. The average molecular weight is 239 g/mol. The highest BCUT2D eigenvalue weighted by Gasteiger charge is 2.18. The first-order chi connectivity index (χ1) is 7.90. The third-order valence-electron chi connectivity index (χ3n) is 2.57. The number of aliphatic carboxylic acids is 1. The van der Waals surface area contributed by atoms with Crippen molar-refractivity contribution in [3.8, 4) is 0 Å². The largest absolute Gasteiger partial charge is 0.480 e. The highest BCUT2D eigenvalue weighted by atomic mass is 16.4. The minimum Gasteiger partial charge on any atom is -0.480 e. The summed E-state index contributed by atoms with van der Waals surface area (Å²) in [6, 6.07) is 1.64. The van der Waals surface area contributed by atoms with Gasteiger partial charge in [-0.2, -0.15) is 5.10 Å². The van der Waals surface area contributed by atoms with E-state index in [2.05, 4.69) is 10.4 Å². The lowest BCUT2D eigenvalue weighted by Gasteiger charge is -2.17. The lowest BCUT2D eigenvalue weighted by atomic mass is 10.2. The van der Waals surface area contributed by atoms with Crippen LogP contribution in [0.25, 0.3) is 0 Å². The summed E-state index contributed by atoms with van der Waals surface area (Å²) in [5, 5.41) is 16.4. The van der Waals surface area contributed by atoms with Gasteiger partial charge in [0.1, 0.15) is 6.04 Å². The second-order valence-electron chi connectivity index (χ2n) is 4.65. The van der Waals surface area contributed by atoms with Gasteiger partial charge in [-0.15, -0.1) is 0 Å². The van der Waals surface area contributed by atoms with Gasteiger partial charge in [-0.3, -0.25) is 9.48 Å². The van der Waals surface area contributed by atoms with Crippen molar-refractivity contribution in [3.63, 3.8) is 0 Å². The summed E-state index contributed by atoms with van der Waals surface area (Å²) < 4.78 is 1.85. The Morgan fingerprint density at radius 3 is 2.59 bits per heavy atom. The van der Waals surface area contributed by atoms with Crippen molar-refractivity contribution in [2.24, 2.45) is 0 Å². The van der Waals surface area contributed by atoms with Gasteiger partial charge in [0.05, 0.1) is 5.69 Å². The van der Waals surface area contributed by atoms with Crippen LogP contribution in [0.15, 0.2) is 6.07 Å². The normalized spacial score (nSPS) is 13.0. The summed E-state index contributed by atoms with van der Waals surface area (Å²) in [7, 11) is 0. The lowest BCUT2D eigenvalue weighted by molar-refractivity contribution is -0.139. The number of carboxylic acid groups (broad SMARTS) is 1. The summed E-state index contributed by atoms with van der Waals surface area (Å²) in [4.78, 5) is 11.1. The molecule has 0 amide bonds. The third-order valence-corrected chi connectivity index (χ3v) is 2.57. The Hall–Kier alpha value is -1.36. The molecule has 96 valence electrons.